The van der Waals surface area contributed by atoms with Gasteiger partial charge in [0, 0.05) is 31.7 Å². The van der Waals surface area contributed by atoms with Gasteiger partial charge < -0.3 is 10.2 Å². The molecule has 0 spiro atoms. The summed E-state index contributed by atoms with van der Waals surface area (Å²) < 4.78 is 22.6. The molecule has 0 bridgehead atoms. The van der Waals surface area contributed by atoms with Crippen LogP contribution in [0.3, 0.4) is 0 Å². The monoisotopic (exact) mass is 283 g/mol. The molecular formula is C12H17N3O3S. The standard InChI is InChI=1S/C12H17N3O3S/c1-9-8-10(2-3-11(9)19(13,17)18)12(16)15-6-4-14-5-7-15/h2-3,8,14H,4-7H2,1H3,(H2,13,17,18). The van der Waals surface area contributed by atoms with Crippen LogP contribution in [0.25, 0.3) is 0 Å². The molecular weight excluding hydrogens is 266 g/mol. The number of sulfonamides is 1. The van der Waals surface area contributed by atoms with Gasteiger partial charge in [-0.1, -0.05) is 0 Å². The zero-order chi connectivity index (χ0) is 14.0. The van der Waals surface area contributed by atoms with Crippen molar-refractivity contribution in [3.63, 3.8) is 0 Å². The van der Waals surface area contributed by atoms with E-state index in [2.05, 4.69) is 5.32 Å². The number of hydrogen-bond acceptors (Lipinski definition) is 4. The second kappa shape index (κ2) is 5.28. The van der Waals surface area contributed by atoms with Crippen molar-refractivity contribution in [3.05, 3.63) is 29.3 Å². The zero-order valence-electron chi connectivity index (χ0n) is 10.7. The van der Waals surface area contributed by atoms with Gasteiger partial charge in [0.25, 0.3) is 5.91 Å². The molecule has 0 unspecified atom stereocenters. The minimum Gasteiger partial charge on any atom is -0.336 e. The Labute approximate surface area is 112 Å². The molecule has 0 radical (unpaired) electrons. The summed E-state index contributed by atoms with van der Waals surface area (Å²) in [4.78, 5) is 14.0. The van der Waals surface area contributed by atoms with E-state index in [0.717, 1.165) is 13.1 Å². The van der Waals surface area contributed by atoms with Gasteiger partial charge in [-0.15, -0.1) is 0 Å². The Morgan fingerprint density at radius 1 is 1.32 bits per heavy atom. The molecule has 1 fully saturated rings. The van der Waals surface area contributed by atoms with E-state index < -0.39 is 10.0 Å². The number of rotatable bonds is 2. The molecule has 19 heavy (non-hydrogen) atoms. The first-order valence-electron chi connectivity index (χ1n) is 6.03. The highest BCUT2D eigenvalue weighted by molar-refractivity contribution is 7.89. The molecule has 0 saturated carbocycles. The normalized spacial score (nSPS) is 16.4. The van der Waals surface area contributed by atoms with Crippen LogP contribution in [0.15, 0.2) is 23.1 Å². The Hall–Kier alpha value is -1.44. The predicted molar refractivity (Wildman–Crippen MR) is 71.3 cm³/mol. The van der Waals surface area contributed by atoms with Crippen LogP contribution >= 0.6 is 0 Å². The second-order valence-corrected chi connectivity index (χ2v) is 6.10. The summed E-state index contributed by atoms with van der Waals surface area (Å²) in [6, 6.07) is 4.47. The molecule has 1 aromatic carbocycles. The Bertz CT molecular complexity index is 592. The van der Waals surface area contributed by atoms with Crippen LogP contribution in [0, 0.1) is 6.92 Å². The van der Waals surface area contributed by atoms with Crippen molar-refractivity contribution >= 4 is 15.9 Å². The Morgan fingerprint density at radius 3 is 2.47 bits per heavy atom. The fraction of sp³-hybridized carbons (Fsp3) is 0.417. The molecule has 1 aliphatic rings. The molecule has 1 aromatic rings. The van der Waals surface area contributed by atoms with Crippen LogP contribution in [0.1, 0.15) is 15.9 Å². The molecule has 0 atom stereocenters. The summed E-state index contributed by atoms with van der Waals surface area (Å²) in [7, 11) is -3.74. The smallest absolute Gasteiger partial charge is 0.253 e. The molecule has 7 heteroatoms. The zero-order valence-corrected chi connectivity index (χ0v) is 11.5. The molecule has 1 amide bonds. The van der Waals surface area contributed by atoms with Crippen LogP contribution in [-0.4, -0.2) is 45.4 Å². The first-order chi connectivity index (χ1) is 8.89. The molecule has 2 rings (SSSR count). The highest BCUT2D eigenvalue weighted by atomic mass is 32.2. The SMILES string of the molecule is Cc1cc(C(=O)N2CCNCC2)ccc1S(N)(=O)=O. The maximum Gasteiger partial charge on any atom is 0.253 e. The average molecular weight is 283 g/mol. The van der Waals surface area contributed by atoms with Crippen molar-refractivity contribution in [2.45, 2.75) is 11.8 Å². The molecule has 1 heterocycles. The van der Waals surface area contributed by atoms with E-state index in [9.17, 15) is 13.2 Å². The average Bonchev–Trinajstić information content (AvgIpc) is 2.37. The largest absolute Gasteiger partial charge is 0.336 e. The van der Waals surface area contributed by atoms with E-state index >= 15 is 0 Å². The van der Waals surface area contributed by atoms with Crippen molar-refractivity contribution in [2.75, 3.05) is 26.2 Å². The number of carbonyl (C=O) groups excluding carboxylic acids is 1. The van der Waals surface area contributed by atoms with Crippen LogP contribution in [0.2, 0.25) is 0 Å². The number of amides is 1. The van der Waals surface area contributed by atoms with E-state index in [1.54, 1.807) is 17.9 Å². The Balaban J connectivity index is 2.27. The van der Waals surface area contributed by atoms with Crippen LogP contribution in [0.5, 0.6) is 0 Å². The van der Waals surface area contributed by atoms with Gasteiger partial charge in [0.15, 0.2) is 0 Å². The van der Waals surface area contributed by atoms with Crippen molar-refractivity contribution in [1.82, 2.24) is 10.2 Å². The number of nitrogens with two attached hydrogens (primary N) is 1. The Morgan fingerprint density at radius 2 is 1.95 bits per heavy atom. The van der Waals surface area contributed by atoms with Gasteiger partial charge in [-0.05, 0) is 30.7 Å². The van der Waals surface area contributed by atoms with Gasteiger partial charge >= 0.3 is 0 Å². The third-order valence-electron chi connectivity index (χ3n) is 3.13. The maximum atomic E-state index is 12.2. The highest BCUT2D eigenvalue weighted by Gasteiger charge is 2.19. The van der Waals surface area contributed by atoms with Gasteiger partial charge in [-0.3, -0.25) is 4.79 Å². The summed E-state index contributed by atoms with van der Waals surface area (Å²) >= 11 is 0. The lowest BCUT2D eigenvalue weighted by Gasteiger charge is -2.27. The van der Waals surface area contributed by atoms with Gasteiger partial charge in [-0.25, -0.2) is 13.6 Å². The van der Waals surface area contributed by atoms with Gasteiger partial charge in [0.05, 0.1) is 4.90 Å². The number of piperazine rings is 1. The number of nitrogens with zero attached hydrogens (tertiary/aromatic N) is 1. The Kier molecular flexibility index (Phi) is 3.88. The predicted octanol–water partition coefficient (Wildman–Crippen LogP) is -0.312. The maximum absolute atomic E-state index is 12.2. The van der Waals surface area contributed by atoms with E-state index in [4.69, 9.17) is 5.14 Å². The van der Waals surface area contributed by atoms with Gasteiger partial charge in [0.2, 0.25) is 10.0 Å². The number of carbonyl (C=O) groups is 1. The molecule has 1 saturated heterocycles. The van der Waals surface area contributed by atoms with Crippen LogP contribution in [0.4, 0.5) is 0 Å². The number of benzene rings is 1. The lowest BCUT2D eigenvalue weighted by molar-refractivity contribution is 0.0735. The number of nitrogens with one attached hydrogen (secondary N) is 1. The third kappa shape index (κ3) is 3.12. The van der Waals surface area contributed by atoms with Gasteiger partial charge in [-0.2, -0.15) is 0 Å². The first-order valence-corrected chi connectivity index (χ1v) is 7.57. The molecule has 0 aliphatic carbocycles. The van der Waals surface area contributed by atoms with Crippen molar-refractivity contribution in [2.24, 2.45) is 5.14 Å². The summed E-state index contributed by atoms with van der Waals surface area (Å²) in [5, 5.41) is 8.27. The van der Waals surface area contributed by atoms with Crippen LogP contribution in [-0.2, 0) is 10.0 Å². The second-order valence-electron chi connectivity index (χ2n) is 4.57. The van der Waals surface area contributed by atoms with Gasteiger partial charge in [0.1, 0.15) is 0 Å². The molecule has 1 aliphatic heterocycles. The molecule has 0 aromatic heterocycles. The minimum atomic E-state index is -3.74. The van der Waals surface area contributed by atoms with E-state index in [-0.39, 0.29) is 10.8 Å². The summed E-state index contributed by atoms with van der Waals surface area (Å²) in [6.07, 6.45) is 0. The quantitative estimate of drug-likeness (QED) is 0.778. The van der Waals surface area contributed by atoms with E-state index in [1.807, 2.05) is 0 Å². The van der Waals surface area contributed by atoms with Crippen molar-refractivity contribution in [3.8, 4) is 0 Å². The fourth-order valence-corrected chi connectivity index (χ4v) is 2.92. The van der Waals surface area contributed by atoms with E-state index in [0.29, 0.717) is 24.2 Å². The number of hydrogen-bond donors (Lipinski definition) is 2. The topological polar surface area (TPSA) is 92.5 Å². The molecule has 6 nitrogen and oxygen atoms in total. The van der Waals surface area contributed by atoms with Crippen molar-refractivity contribution < 1.29 is 13.2 Å². The lowest BCUT2D eigenvalue weighted by atomic mass is 10.1. The van der Waals surface area contributed by atoms with Crippen molar-refractivity contribution in [1.29, 1.82) is 0 Å². The third-order valence-corrected chi connectivity index (χ3v) is 4.20. The minimum absolute atomic E-state index is 0.0596. The van der Waals surface area contributed by atoms with E-state index in [1.165, 1.54) is 12.1 Å². The summed E-state index contributed by atoms with van der Waals surface area (Å²) in [5.74, 6) is -0.0782. The summed E-state index contributed by atoms with van der Waals surface area (Å²) in [6.45, 7) is 4.51. The molecule has 104 valence electrons. The fourth-order valence-electron chi connectivity index (χ4n) is 2.15. The highest BCUT2D eigenvalue weighted by Crippen LogP contribution is 2.16. The number of aryl methyl sites for hydroxylation is 1. The molecule has 3 N–H and O–H groups in total. The first kappa shape index (κ1) is 14.0. The van der Waals surface area contributed by atoms with Crippen LogP contribution < -0.4 is 10.5 Å². The summed E-state index contributed by atoms with van der Waals surface area (Å²) in [5.41, 5.74) is 0.982. The number of primary sulfonamides is 1. The lowest BCUT2D eigenvalue weighted by Crippen LogP contribution is -2.46.